The van der Waals surface area contributed by atoms with E-state index in [2.05, 4.69) is 0 Å². The summed E-state index contributed by atoms with van der Waals surface area (Å²) in [5.41, 5.74) is 1.46. The number of carbonyl (C=O) groups is 4. The Morgan fingerprint density at radius 3 is 2.52 bits per heavy atom. The molecule has 1 aliphatic heterocycles. The monoisotopic (exact) mass is 425 g/mol. The van der Waals surface area contributed by atoms with Crippen molar-refractivity contribution in [2.45, 2.75) is 26.4 Å². The predicted molar refractivity (Wildman–Crippen MR) is 111 cm³/mol. The van der Waals surface area contributed by atoms with E-state index in [-0.39, 0.29) is 45.0 Å². The fourth-order valence-corrected chi connectivity index (χ4v) is 3.05. The first-order valence-corrected chi connectivity index (χ1v) is 9.93. The molecule has 0 radical (unpaired) electrons. The summed E-state index contributed by atoms with van der Waals surface area (Å²) in [5, 5.41) is 0. The number of carbonyl (C=O) groups excluding carboxylic acids is 4. The van der Waals surface area contributed by atoms with E-state index in [1.54, 1.807) is 19.1 Å². The third-order valence-corrected chi connectivity index (χ3v) is 4.62. The average Bonchev–Trinajstić information content (AvgIpc) is 2.78. The standard InChI is InChI=1S/C23H23NO7/c1-2-29-22(27)11-9-19(25)17-8-10-20-18(12-17)24(21(26)15-30-20)13-23(28)31-14-16-6-4-3-5-7-16/h3-8,10,12H,2,9,11,13-15H2,1H3. The van der Waals surface area contributed by atoms with Crippen LogP contribution in [0.5, 0.6) is 5.75 Å². The van der Waals surface area contributed by atoms with E-state index >= 15 is 0 Å². The second-order valence-electron chi connectivity index (χ2n) is 6.83. The van der Waals surface area contributed by atoms with Gasteiger partial charge in [-0.1, -0.05) is 30.3 Å². The van der Waals surface area contributed by atoms with Crippen molar-refractivity contribution in [1.29, 1.82) is 0 Å². The minimum atomic E-state index is -0.580. The lowest BCUT2D eigenvalue weighted by Gasteiger charge is -2.29. The second kappa shape index (κ2) is 10.4. The topological polar surface area (TPSA) is 99.2 Å². The van der Waals surface area contributed by atoms with Gasteiger partial charge in [-0.25, -0.2) is 0 Å². The first-order chi connectivity index (χ1) is 15.0. The van der Waals surface area contributed by atoms with E-state index in [1.165, 1.54) is 11.0 Å². The summed E-state index contributed by atoms with van der Waals surface area (Å²) in [6.45, 7) is 1.52. The van der Waals surface area contributed by atoms with Crippen LogP contribution < -0.4 is 9.64 Å². The van der Waals surface area contributed by atoms with Gasteiger partial charge in [0.05, 0.1) is 18.7 Å². The number of rotatable bonds is 9. The Balaban J connectivity index is 1.68. The molecular formula is C23H23NO7. The lowest BCUT2D eigenvalue weighted by Crippen LogP contribution is -2.42. The summed E-state index contributed by atoms with van der Waals surface area (Å²) >= 11 is 0. The molecule has 0 saturated heterocycles. The van der Waals surface area contributed by atoms with Gasteiger partial charge in [0.2, 0.25) is 0 Å². The maximum absolute atomic E-state index is 12.5. The van der Waals surface area contributed by atoms with Gasteiger partial charge in [0.15, 0.2) is 12.4 Å². The maximum atomic E-state index is 12.5. The van der Waals surface area contributed by atoms with Gasteiger partial charge in [-0.05, 0) is 30.7 Å². The van der Waals surface area contributed by atoms with E-state index in [9.17, 15) is 19.2 Å². The summed E-state index contributed by atoms with van der Waals surface area (Å²) in [5.74, 6) is -1.34. The van der Waals surface area contributed by atoms with E-state index in [4.69, 9.17) is 14.2 Å². The van der Waals surface area contributed by atoms with Gasteiger partial charge in [0.25, 0.3) is 5.91 Å². The molecule has 1 amide bonds. The van der Waals surface area contributed by atoms with Crippen molar-refractivity contribution >= 4 is 29.3 Å². The number of hydrogen-bond acceptors (Lipinski definition) is 7. The molecule has 0 fully saturated rings. The Labute approximate surface area is 179 Å². The fraction of sp³-hybridized carbons (Fsp3) is 0.304. The lowest BCUT2D eigenvalue weighted by atomic mass is 10.0. The Morgan fingerprint density at radius 1 is 1.00 bits per heavy atom. The normalized spacial score (nSPS) is 12.5. The molecule has 8 heteroatoms. The molecule has 3 rings (SSSR count). The van der Waals surface area contributed by atoms with Gasteiger partial charge in [-0.2, -0.15) is 0 Å². The fourth-order valence-electron chi connectivity index (χ4n) is 3.05. The van der Waals surface area contributed by atoms with Gasteiger partial charge in [0.1, 0.15) is 18.9 Å². The Hall–Kier alpha value is -3.68. The number of nitrogens with zero attached hydrogens (tertiary/aromatic N) is 1. The minimum absolute atomic E-state index is 0.0223. The molecule has 8 nitrogen and oxygen atoms in total. The molecule has 0 saturated carbocycles. The number of esters is 2. The number of amides is 1. The predicted octanol–water partition coefficient (Wildman–Crippen LogP) is 2.68. The highest BCUT2D eigenvalue weighted by Gasteiger charge is 2.29. The number of ketones is 1. The summed E-state index contributed by atoms with van der Waals surface area (Å²) in [7, 11) is 0. The third-order valence-electron chi connectivity index (χ3n) is 4.62. The first kappa shape index (κ1) is 22.0. The molecule has 0 bridgehead atoms. The van der Waals surface area contributed by atoms with E-state index in [0.29, 0.717) is 17.0 Å². The highest BCUT2D eigenvalue weighted by atomic mass is 16.5. The van der Waals surface area contributed by atoms with Crippen LogP contribution in [0.1, 0.15) is 35.7 Å². The number of benzene rings is 2. The Morgan fingerprint density at radius 2 is 1.77 bits per heavy atom. The third kappa shape index (κ3) is 5.91. The van der Waals surface area contributed by atoms with Crippen molar-refractivity contribution in [2.75, 3.05) is 24.7 Å². The van der Waals surface area contributed by atoms with Crippen LogP contribution in [-0.2, 0) is 30.5 Å². The number of anilines is 1. The molecule has 2 aromatic rings. The highest BCUT2D eigenvalue weighted by Crippen LogP contribution is 2.33. The minimum Gasteiger partial charge on any atom is -0.482 e. The smallest absolute Gasteiger partial charge is 0.326 e. The van der Waals surface area contributed by atoms with Crippen molar-refractivity contribution in [3.8, 4) is 5.75 Å². The Bertz CT molecular complexity index is 971. The maximum Gasteiger partial charge on any atom is 0.326 e. The van der Waals surface area contributed by atoms with Crippen LogP contribution in [0.2, 0.25) is 0 Å². The zero-order valence-corrected chi connectivity index (χ0v) is 17.2. The van der Waals surface area contributed by atoms with Crippen LogP contribution in [0.3, 0.4) is 0 Å². The van der Waals surface area contributed by atoms with Crippen molar-refractivity contribution in [2.24, 2.45) is 0 Å². The second-order valence-corrected chi connectivity index (χ2v) is 6.83. The van der Waals surface area contributed by atoms with Crippen LogP contribution in [-0.4, -0.2) is 43.4 Å². The highest BCUT2D eigenvalue weighted by molar-refractivity contribution is 6.04. The molecule has 162 valence electrons. The van der Waals surface area contributed by atoms with Gasteiger partial charge in [-0.3, -0.25) is 24.1 Å². The van der Waals surface area contributed by atoms with Crippen molar-refractivity contribution < 1.29 is 33.4 Å². The van der Waals surface area contributed by atoms with Crippen LogP contribution in [0.4, 0.5) is 5.69 Å². The molecule has 31 heavy (non-hydrogen) atoms. The van der Waals surface area contributed by atoms with Crippen molar-refractivity contribution in [1.82, 2.24) is 0 Å². The molecule has 0 spiro atoms. The molecule has 0 aliphatic carbocycles. The molecule has 0 N–H and O–H groups in total. The number of Topliss-reactive ketones (excluding diaryl/α,β-unsaturated/α-hetero) is 1. The number of ether oxygens (including phenoxy) is 3. The summed E-state index contributed by atoms with van der Waals surface area (Å²) < 4.78 is 15.5. The molecule has 1 heterocycles. The van der Waals surface area contributed by atoms with Crippen LogP contribution in [0.25, 0.3) is 0 Å². The van der Waals surface area contributed by atoms with Crippen molar-refractivity contribution in [3.05, 3.63) is 59.7 Å². The molecule has 0 aromatic heterocycles. The quantitative estimate of drug-likeness (QED) is 0.450. The van der Waals surface area contributed by atoms with E-state index < -0.39 is 17.8 Å². The molecule has 1 aliphatic rings. The van der Waals surface area contributed by atoms with Crippen LogP contribution in [0.15, 0.2) is 48.5 Å². The number of hydrogen-bond donors (Lipinski definition) is 0. The lowest BCUT2D eigenvalue weighted by molar-refractivity contribution is -0.144. The molecular weight excluding hydrogens is 402 g/mol. The SMILES string of the molecule is CCOC(=O)CCC(=O)c1ccc2c(c1)N(CC(=O)OCc1ccccc1)C(=O)CO2. The average molecular weight is 425 g/mol. The van der Waals surface area contributed by atoms with Gasteiger partial charge >= 0.3 is 11.9 Å². The van der Waals surface area contributed by atoms with Crippen LogP contribution >= 0.6 is 0 Å². The molecule has 0 atom stereocenters. The van der Waals surface area contributed by atoms with Gasteiger partial charge in [-0.15, -0.1) is 0 Å². The first-order valence-electron chi connectivity index (χ1n) is 9.93. The van der Waals surface area contributed by atoms with Gasteiger partial charge in [0, 0.05) is 12.0 Å². The van der Waals surface area contributed by atoms with E-state index in [0.717, 1.165) is 5.56 Å². The van der Waals surface area contributed by atoms with Crippen LogP contribution in [0, 0.1) is 0 Å². The van der Waals surface area contributed by atoms with Crippen molar-refractivity contribution in [3.63, 3.8) is 0 Å². The largest absolute Gasteiger partial charge is 0.482 e. The summed E-state index contributed by atoms with van der Waals surface area (Å²) in [6.07, 6.45) is -0.0553. The van der Waals surface area contributed by atoms with E-state index in [1.807, 2.05) is 30.3 Å². The summed E-state index contributed by atoms with van der Waals surface area (Å²) in [6, 6.07) is 13.8. The zero-order valence-electron chi connectivity index (χ0n) is 17.2. The number of fused-ring (bicyclic) bond motifs is 1. The van der Waals surface area contributed by atoms with Gasteiger partial charge < -0.3 is 14.2 Å². The zero-order chi connectivity index (χ0) is 22.2. The summed E-state index contributed by atoms with van der Waals surface area (Å²) in [4.78, 5) is 49.9. The Kier molecular flexibility index (Phi) is 7.37. The molecule has 2 aromatic carbocycles. The molecule has 0 unspecified atom stereocenters.